The molecule has 0 saturated heterocycles. The first-order valence-corrected chi connectivity index (χ1v) is 8.61. The van der Waals surface area contributed by atoms with Gasteiger partial charge in [0, 0.05) is 16.9 Å². The number of nitrogens with zero attached hydrogens (tertiary/aromatic N) is 3. The number of rotatable bonds is 6. The minimum Gasteiger partial charge on any atom is -0.325 e. The molecule has 3 rings (SSSR count). The first kappa shape index (κ1) is 16.9. The van der Waals surface area contributed by atoms with Gasteiger partial charge in [-0.05, 0) is 31.2 Å². The number of carbonyl (C=O) groups excluding carboxylic acids is 2. The number of aromatic nitrogens is 3. The van der Waals surface area contributed by atoms with Crippen molar-refractivity contribution < 1.29 is 9.59 Å². The highest BCUT2D eigenvalue weighted by molar-refractivity contribution is 7.99. The Hall–Kier alpha value is -2.93. The summed E-state index contributed by atoms with van der Waals surface area (Å²) in [4.78, 5) is 23.6. The zero-order valence-electron chi connectivity index (χ0n) is 13.5. The molecule has 6 nitrogen and oxygen atoms in total. The largest absolute Gasteiger partial charge is 0.325 e. The molecule has 1 aromatic heterocycles. The maximum absolute atomic E-state index is 12.2. The standard InChI is InChI=1S/C18H16N4O2S/c1-13(23)14-6-5-7-15(10-14)20-17(24)11-25-18-21-19-12-22(18)16-8-3-2-4-9-16/h2-10,12H,11H2,1H3,(H,20,24). The second-order valence-corrected chi connectivity index (χ2v) is 6.24. The lowest BCUT2D eigenvalue weighted by atomic mass is 10.1. The van der Waals surface area contributed by atoms with Crippen molar-refractivity contribution in [3.63, 3.8) is 0 Å². The zero-order chi connectivity index (χ0) is 17.6. The zero-order valence-corrected chi connectivity index (χ0v) is 14.4. The van der Waals surface area contributed by atoms with Gasteiger partial charge in [0.05, 0.1) is 5.75 Å². The second kappa shape index (κ2) is 7.76. The van der Waals surface area contributed by atoms with E-state index in [1.807, 2.05) is 34.9 Å². The Labute approximate surface area is 149 Å². The summed E-state index contributed by atoms with van der Waals surface area (Å²) in [5.74, 6) is -0.0229. The number of benzene rings is 2. The van der Waals surface area contributed by atoms with E-state index in [0.717, 1.165) is 5.69 Å². The van der Waals surface area contributed by atoms with Gasteiger partial charge in [0.1, 0.15) is 6.33 Å². The Morgan fingerprint density at radius 2 is 1.92 bits per heavy atom. The van der Waals surface area contributed by atoms with E-state index in [9.17, 15) is 9.59 Å². The maximum Gasteiger partial charge on any atom is 0.234 e. The highest BCUT2D eigenvalue weighted by atomic mass is 32.2. The van der Waals surface area contributed by atoms with Crippen LogP contribution in [0, 0.1) is 0 Å². The minimum atomic E-state index is -0.173. The Bertz CT molecular complexity index is 893. The fourth-order valence-electron chi connectivity index (χ4n) is 2.23. The van der Waals surface area contributed by atoms with Gasteiger partial charge in [-0.2, -0.15) is 0 Å². The number of amides is 1. The van der Waals surface area contributed by atoms with Crippen LogP contribution in [-0.2, 0) is 4.79 Å². The van der Waals surface area contributed by atoms with Gasteiger partial charge in [0.2, 0.25) is 5.91 Å². The Balaban J connectivity index is 1.63. The molecule has 0 aliphatic rings. The molecule has 0 bridgehead atoms. The van der Waals surface area contributed by atoms with E-state index in [1.54, 1.807) is 30.6 Å². The van der Waals surface area contributed by atoms with Crippen molar-refractivity contribution >= 4 is 29.1 Å². The van der Waals surface area contributed by atoms with E-state index in [0.29, 0.717) is 16.4 Å². The Kier molecular flexibility index (Phi) is 5.25. The average Bonchev–Trinajstić information content (AvgIpc) is 3.09. The summed E-state index contributed by atoms with van der Waals surface area (Å²) in [5, 5.41) is 11.4. The number of ketones is 1. The third-order valence-electron chi connectivity index (χ3n) is 3.44. The van der Waals surface area contributed by atoms with Crippen LogP contribution in [0.3, 0.4) is 0 Å². The third kappa shape index (κ3) is 4.33. The van der Waals surface area contributed by atoms with Crippen LogP contribution >= 0.6 is 11.8 Å². The Morgan fingerprint density at radius 3 is 2.68 bits per heavy atom. The molecule has 3 aromatic rings. The summed E-state index contributed by atoms with van der Waals surface area (Å²) in [6.07, 6.45) is 1.62. The maximum atomic E-state index is 12.2. The predicted molar refractivity (Wildman–Crippen MR) is 97.2 cm³/mol. The summed E-state index contributed by atoms with van der Waals surface area (Å²) in [7, 11) is 0. The van der Waals surface area contributed by atoms with Gasteiger partial charge in [-0.15, -0.1) is 10.2 Å². The van der Waals surface area contributed by atoms with Gasteiger partial charge in [-0.1, -0.05) is 42.1 Å². The lowest BCUT2D eigenvalue weighted by Gasteiger charge is -2.07. The van der Waals surface area contributed by atoms with Gasteiger partial charge < -0.3 is 5.32 Å². The van der Waals surface area contributed by atoms with Crippen LogP contribution in [0.5, 0.6) is 0 Å². The number of para-hydroxylation sites is 1. The van der Waals surface area contributed by atoms with Crippen LogP contribution in [0.4, 0.5) is 5.69 Å². The van der Waals surface area contributed by atoms with E-state index < -0.39 is 0 Å². The van der Waals surface area contributed by atoms with E-state index >= 15 is 0 Å². The van der Waals surface area contributed by atoms with Crippen molar-refractivity contribution in [1.82, 2.24) is 14.8 Å². The molecule has 0 radical (unpaired) electrons. The SMILES string of the molecule is CC(=O)c1cccc(NC(=O)CSc2nncn2-c2ccccc2)c1. The molecule has 0 atom stereocenters. The van der Waals surface area contributed by atoms with Gasteiger partial charge in [0.25, 0.3) is 0 Å². The highest BCUT2D eigenvalue weighted by Gasteiger charge is 2.10. The lowest BCUT2D eigenvalue weighted by molar-refractivity contribution is -0.113. The van der Waals surface area contributed by atoms with Crippen LogP contribution in [0.15, 0.2) is 66.1 Å². The average molecular weight is 352 g/mol. The predicted octanol–water partition coefficient (Wildman–Crippen LogP) is 3.20. The second-order valence-electron chi connectivity index (χ2n) is 5.29. The van der Waals surface area contributed by atoms with Crippen LogP contribution in [-0.4, -0.2) is 32.2 Å². The molecule has 0 aliphatic heterocycles. The highest BCUT2D eigenvalue weighted by Crippen LogP contribution is 2.20. The molecule has 0 unspecified atom stereocenters. The van der Waals surface area contributed by atoms with E-state index in [1.165, 1.54) is 18.7 Å². The number of Topliss-reactive ketones (excluding diaryl/α,β-unsaturated/α-hetero) is 1. The van der Waals surface area contributed by atoms with Gasteiger partial charge in [-0.3, -0.25) is 14.2 Å². The van der Waals surface area contributed by atoms with Crippen LogP contribution in [0.25, 0.3) is 5.69 Å². The summed E-state index contributed by atoms with van der Waals surface area (Å²) in [5.41, 5.74) is 2.10. The molecule has 2 aromatic carbocycles. The summed E-state index contributed by atoms with van der Waals surface area (Å²) >= 11 is 1.30. The van der Waals surface area contributed by atoms with Gasteiger partial charge >= 0.3 is 0 Å². The van der Waals surface area contributed by atoms with Crippen molar-refractivity contribution in [3.05, 3.63) is 66.5 Å². The molecule has 0 saturated carbocycles. The third-order valence-corrected chi connectivity index (χ3v) is 4.38. The van der Waals surface area contributed by atoms with E-state index in [4.69, 9.17) is 0 Å². The molecule has 0 fully saturated rings. The molecular weight excluding hydrogens is 336 g/mol. The van der Waals surface area contributed by atoms with Crippen molar-refractivity contribution in [3.8, 4) is 5.69 Å². The van der Waals surface area contributed by atoms with Crippen molar-refractivity contribution in [2.45, 2.75) is 12.1 Å². The van der Waals surface area contributed by atoms with Crippen molar-refractivity contribution in [2.75, 3.05) is 11.1 Å². The smallest absolute Gasteiger partial charge is 0.234 e. The number of carbonyl (C=O) groups is 2. The fraction of sp³-hybridized carbons (Fsp3) is 0.111. The molecule has 1 amide bonds. The van der Waals surface area contributed by atoms with Crippen LogP contribution in [0.1, 0.15) is 17.3 Å². The topological polar surface area (TPSA) is 76.9 Å². The molecule has 1 N–H and O–H groups in total. The normalized spacial score (nSPS) is 10.4. The first-order valence-electron chi connectivity index (χ1n) is 7.62. The molecule has 1 heterocycles. The van der Waals surface area contributed by atoms with Gasteiger partial charge in [-0.25, -0.2) is 0 Å². The first-order chi connectivity index (χ1) is 12.1. The van der Waals surface area contributed by atoms with Crippen LogP contribution in [0.2, 0.25) is 0 Å². The molecule has 126 valence electrons. The van der Waals surface area contributed by atoms with E-state index in [2.05, 4.69) is 15.5 Å². The molecule has 0 spiro atoms. The minimum absolute atomic E-state index is 0.0403. The summed E-state index contributed by atoms with van der Waals surface area (Å²) in [6, 6.07) is 16.6. The number of hydrogen-bond donors (Lipinski definition) is 1. The monoisotopic (exact) mass is 352 g/mol. The Morgan fingerprint density at radius 1 is 1.12 bits per heavy atom. The number of anilines is 1. The number of hydrogen-bond acceptors (Lipinski definition) is 5. The molecule has 0 aliphatic carbocycles. The van der Waals surface area contributed by atoms with Crippen molar-refractivity contribution in [1.29, 1.82) is 0 Å². The number of nitrogens with one attached hydrogen (secondary N) is 1. The quantitative estimate of drug-likeness (QED) is 0.544. The molecular formula is C18H16N4O2S. The summed E-state index contributed by atoms with van der Waals surface area (Å²) < 4.78 is 1.83. The molecule has 7 heteroatoms. The fourth-order valence-corrected chi connectivity index (χ4v) is 2.96. The van der Waals surface area contributed by atoms with E-state index in [-0.39, 0.29) is 17.4 Å². The van der Waals surface area contributed by atoms with Crippen molar-refractivity contribution in [2.24, 2.45) is 0 Å². The van der Waals surface area contributed by atoms with Gasteiger partial charge in [0.15, 0.2) is 10.9 Å². The number of thioether (sulfide) groups is 1. The lowest BCUT2D eigenvalue weighted by Crippen LogP contribution is -2.14. The summed E-state index contributed by atoms with van der Waals surface area (Å²) in [6.45, 7) is 1.49. The van der Waals surface area contributed by atoms with Crippen LogP contribution < -0.4 is 5.32 Å². The molecule has 25 heavy (non-hydrogen) atoms.